The molecule has 0 aromatic heterocycles. The number of halogens is 2. The Hall–Kier alpha value is -1.46. The highest BCUT2D eigenvalue weighted by molar-refractivity contribution is 5.24. The van der Waals surface area contributed by atoms with Gasteiger partial charge in [-0.15, -0.1) is 0 Å². The average molecular weight is 269 g/mol. The molecule has 106 valence electrons. The first kappa shape index (κ1) is 15.6. The monoisotopic (exact) mass is 269 g/mol. The number of hydrogen-bond acceptors (Lipinski definition) is 3. The van der Waals surface area contributed by atoms with Gasteiger partial charge < -0.3 is 16.4 Å². The van der Waals surface area contributed by atoms with Gasteiger partial charge >= 0.3 is 0 Å². The summed E-state index contributed by atoms with van der Waals surface area (Å²) in [6.07, 6.45) is 3.45. The highest BCUT2D eigenvalue weighted by Gasteiger charge is 2.06. The van der Waals surface area contributed by atoms with Crippen LogP contribution in [0.5, 0.6) is 0 Å². The summed E-state index contributed by atoms with van der Waals surface area (Å²) in [6, 6.07) is 3.57. The minimum Gasteiger partial charge on any atom is -0.390 e. The molecule has 19 heavy (non-hydrogen) atoms. The SMILES string of the molecule is CCNC(C)CN/C=C\C(N)c1ccc(F)c(F)c1. The predicted molar refractivity (Wildman–Crippen MR) is 73.6 cm³/mol. The van der Waals surface area contributed by atoms with Crippen LogP contribution in [0, 0.1) is 11.6 Å². The fourth-order valence-corrected chi connectivity index (χ4v) is 1.67. The van der Waals surface area contributed by atoms with Gasteiger partial charge in [0.2, 0.25) is 0 Å². The fraction of sp³-hybridized carbons (Fsp3) is 0.429. The van der Waals surface area contributed by atoms with Gasteiger partial charge in [-0.3, -0.25) is 0 Å². The molecule has 0 spiro atoms. The van der Waals surface area contributed by atoms with E-state index in [1.165, 1.54) is 6.07 Å². The molecular formula is C14H21F2N3. The van der Waals surface area contributed by atoms with Gasteiger partial charge in [0, 0.05) is 18.6 Å². The summed E-state index contributed by atoms with van der Waals surface area (Å²) in [4.78, 5) is 0. The zero-order chi connectivity index (χ0) is 14.3. The highest BCUT2D eigenvalue weighted by Crippen LogP contribution is 2.15. The largest absolute Gasteiger partial charge is 0.390 e. The smallest absolute Gasteiger partial charge is 0.159 e. The fourth-order valence-electron chi connectivity index (χ4n) is 1.67. The molecule has 2 atom stereocenters. The Labute approximate surface area is 112 Å². The number of hydrogen-bond donors (Lipinski definition) is 3. The lowest BCUT2D eigenvalue weighted by Crippen LogP contribution is -2.34. The van der Waals surface area contributed by atoms with Crippen LogP contribution in [0.15, 0.2) is 30.5 Å². The number of rotatable bonds is 7. The van der Waals surface area contributed by atoms with Gasteiger partial charge in [0.15, 0.2) is 11.6 Å². The Morgan fingerprint density at radius 3 is 2.68 bits per heavy atom. The molecule has 1 aromatic carbocycles. The standard InChI is InChI=1S/C14H21F2N3/c1-3-19-10(2)9-18-7-6-14(17)11-4-5-12(15)13(16)8-11/h4-8,10,14,18-19H,3,9,17H2,1-2H3/b7-6-. The Morgan fingerprint density at radius 2 is 2.05 bits per heavy atom. The first-order valence-electron chi connectivity index (χ1n) is 6.38. The molecule has 2 unspecified atom stereocenters. The summed E-state index contributed by atoms with van der Waals surface area (Å²) in [5.41, 5.74) is 6.40. The lowest BCUT2D eigenvalue weighted by Gasteiger charge is -2.12. The van der Waals surface area contributed by atoms with Crippen molar-refractivity contribution in [2.75, 3.05) is 13.1 Å². The lowest BCUT2D eigenvalue weighted by atomic mass is 10.1. The van der Waals surface area contributed by atoms with Crippen molar-refractivity contribution in [3.05, 3.63) is 47.7 Å². The van der Waals surface area contributed by atoms with Crippen LogP contribution >= 0.6 is 0 Å². The van der Waals surface area contributed by atoms with E-state index < -0.39 is 17.7 Å². The molecule has 4 N–H and O–H groups in total. The van der Waals surface area contributed by atoms with Crippen molar-refractivity contribution in [1.29, 1.82) is 0 Å². The molecule has 0 aliphatic carbocycles. The molecule has 0 radical (unpaired) electrons. The van der Waals surface area contributed by atoms with E-state index in [4.69, 9.17) is 5.73 Å². The topological polar surface area (TPSA) is 50.1 Å². The van der Waals surface area contributed by atoms with E-state index in [9.17, 15) is 8.78 Å². The van der Waals surface area contributed by atoms with Gasteiger partial charge in [-0.05, 0) is 43.4 Å². The molecule has 1 rings (SSSR count). The van der Waals surface area contributed by atoms with E-state index in [0.29, 0.717) is 11.6 Å². The molecule has 0 amide bonds. The van der Waals surface area contributed by atoms with E-state index in [2.05, 4.69) is 17.6 Å². The molecule has 0 fully saturated rings. The van der Waals surface area contributed by atoms with E-state index >= 15 is 0 Å². The third-order valence-electron chi connectivity index (χ3n) is 2.73. The van der Waals surface area contributed by atoms with Crippen molar-refractivity contribution >= 4 is 0 Å². The maximum absolute atomic E-state index is 13.0. The Kier molecular flexibility index (Phi) is 6.45. The summed E-state index contributed by atoms with van der Waals surface area (Å²) in [5.74, 6) is -1.74. The quantitative estimate of drug-likeness (QED) is 0.710. The molecule has 0 aliphatic rings. The summed E-state index contributed by atoms with van der Waals surface area (Å²) in [6.45, 7) is 5.81. The Morgan fingerprint density at radius 1 is 1.32 bits per heavy atom. The van der Waals surface area contributed by atoms with Crippen molar-refractivity contribution in [3.63, 3.8) is 0 Å². The van der Waals surface area contributed by atoms with Gasteiger partial charge in [-0.25, -0.2) is 8.78 Å². The van der Waals surface area contributed by atoms with Crippen LogP contribution in [-0.4, -0.2) is 19.1 Å². The second-order valence-corrected chi connectivity index (χ2v) is 4.43. The summed E-state index contributed by atoms with van der Waals surface area (Å²) < 4.78 is 25.8. The predicted octanol–water partition coefficient (Wildman–Crippen LogP) is 2.07. The molecule has 0 saturated carbocycles. The third-order valence-corrected chi connectivity index (χ3v) is 2.73. The highest BCUT2D eigenvalue weighted by atomic mass is 19.2. The van der Waals surface area contributed by atoms with Gasteiger partial charge in [-0.1, -0.05) is 13.0 Å². The van der Waals surface area contributed by atoms with Crippen LogP contribution in [0.25, 0.3) is 0 Å². The van der Waals surface area contributed by atoms with Crippen LogP contribution in [0.3, 0.4) is 0 Å². The van der Waals surface area contributed by atoms with Crippen LogP contribution in [-0.2, 0) is 0 Å². The molecular weight excluding hydrogens is 248 g/mol. The third kappa shape index (κ3) is 5.36. The minimum absolute atomic E-state index is 0.356. The van der Waals surface area contributed by atoms with Crippen LogP contribution in [0.2, 0.25) is 0 Å². The van der Waals surface area contributed by atoms with Crippen molar-refractivity contribution in [3.8, 4) is 0 Å². The van der Waals surface area contributed by atoms with E-state index in [1.807, 2.05) is 6.92 Å². The van der Waals surface area contributed by atoms with Crippen LogP contribution in [0.4, 0.5) is 8.78 Å². The molecule has 3 nitrogen and oxygen atoms in total. The second kappa shape index (κ2) is 7.86. The lowest BCUT2D eigenvalue weighted by molar-refractivity contribution is 0.506. The maximum Gasteiger partial charge on any atom is 0.159 e. The summed E-state index contributed by atoms with van der Waals surface area (Å²) >= 11 is 0. The zero-order valence-corrected chi connectivity index (χ0v) is 11.3. The first-order chi connectivity index (χ1) is 9.04. The van der Waals surface area contributed by atoms with Gasteiger partial charge in [-0.2, -0.15) is 0 Å². The van der Waals surface area contributed by atoms with Gasteiger partial charge in [0.05, 0.1) is 0 Å². The molecule has 0 heterocycles. The average Bonchev–Trinajstić information content (AvgIpc) is 2.38. The maximum atomic E-state index is 13.0. The second-order valence-electron chi connectivity index (χ2n) is 4.43. The van der Waals surface area contributed by atoms with Gasteiger partial charge in [0.1, 0.15) is 0 Å². The number of likely N-dealkylation sites (N-methyl/N-ethyl adjacent to an activating group) is 1. The first-order valence-corrected chi connectivity index (χ1v) is 6.38. The number of nitrogens with two attached hydrogens (primary N) is 1. The van der Waals surface area contributed by atoms with Crippen LogP contribution < -0.4 is 16.4 Å². The van der Waals surface area contributed by atoms with E-state index in [-0.39, 0.29) is 0 Å². The van der Waals surface area contributed by atoms with Crippen molar-refractivity contribution in [2.45, 2.75) is 25.9 Å². The molecule has 0 saturated heterocycles. The number of benzene rings is 1. The van der Waals surface area contributed by atoms with Crippen molar-refractivity contribution < 1.29 is 8.78 Å². The Bertz CT molecular complexity index is 421. The zero-order valence-electron chi connectivity index (χ0n) is 11.3. The summed E-state index contributed by atoms with van der Waals surface area (Å²) in [7, 11) is 0. The van der Waals surface area contributed by atoms with Crippen molar-refractivity contribution in [2.24, 2.45) is 5.73 Å². The number of nitrogens with one attached hydrogen (secondary N) is 2. The van der Waals surface area contributed by atoms with E-state index in [1.54, 1.807) is 12.3 Å². The minimum atomic E-state index is -0.880. The van der Waals surface area contributed by atoms with E-state index in [0.717, 1.165) is 25.2 Å². The molecule has 1 aromatic rings. The normalized spacial score (nSPS) is 14.6. The van der Waals surface area contributed by atoms with Crippen LogP contribution in [0.1, 0.15) is 25.5 Å². The van der Waals surface area contributed by atoms with Gasteiger partial charge in [0.25, 0.3) is 0 Å². The Balaban J connectivity index is 2.45. The summed E-state index contributed by atoms with van der Waals surface area (Å²) in [5, 5.41) is 6.37. The molecule has 0 bridgehead atoms. The molecule has 0 aliphatic heterocycles. The van der Waals surface area contributed by atoms with Crippen molar-refractivity contribution in [1.82, 2.24) is 10.6 Å². The molecule has 5 heteroatoms.